The Morgan fingerprint density at radius 1 is 1.20 bits per heavy atom. The standard InChI is InChI=1S/C13H22ClN5O/c1-3-6-15-11(20)5-8-16-12-10(14)9-18-13(19-12)17-7-4-2/h9H,3-8H2,1-2H3,(H,15,20)(H2,16,17,18,19). The maximum atomic E-state index is 11.5. The van der Waals surface area contributed by atoms with E-state index in [0.717, 1.165) is 19.4 Å². The van der Waals surface area contributed by atoms with Gasteiger partial charge in [-0.05, 0) is 12.8 Å². The molecule has 0 aliphatic heterocycles. The summed E-state index contributed by atoms with van der Waals surface area (Å²) in [5, 5.41) is 9.40. The molecule has 0 fully saturated rings. The predicted molar refractivity (Wildman–Crippen MR) is 82.2 cm³/mol. The average molecular weight is 300 g/mol. The van der Waals surface area contributed by atoms with Gasteiger partial charge >= 0.3 is 0 Å². The first-order chi connectivity index (χ1) is 9.67. The fourth-order valence-corrected chi connectivity index (χ4v) is 1.62. The van der Waals surface area contributed by atoms with E-state index in [0.29, 0.717) is 36.3 Å². The first-order valence-corrected chi connectivity index (χ1v) is 7.32. The van der Waals surface area contributed by atoms with Crippen LogP contribution in [0.5, 0.6) is 0 Å². The van der Waals surface area contributed by atoms with Crippen molar-refractivity contribution in [2.24, 2.45) is 0 Å². The molecule has 0 radical (unpaired) electrons. The van der Waals surface area contributed by atoms with E-state index in [-0.39, 0.29) is 5.91 Å². The Hall–Kier alpha value is -1.56. The van der Waals surface area contributed by atoms with Crippen LogP contribution in [0.25, 0.3) is 0 Å². The number of carbonyl (C=O) groups is 1. The van der Waals surface area contributed by atoms with Crippen LogP contribution >= 0.6 is 11.6 Å². The van der Waals surface area contributed by atoms with E-state index in [9.17, 15) is 4.79 Å². The van der Waals surface area contributed by atoms with Gasteiger partial charge in [0.15, 0.2) is 0 Å². The highest BCUT2D eigenvalue weighted by molar-refractivity contribution is 6.32. The molecule has 0 saturated heterocycles. The molecule has 112 valence electrons. The van der Waals surface area contributed by atoms with Gasteiger partial charge in [-0.3, -0.25) is 4.79 Å². The van der Waals surface area contributed by atoms with E-state index in [1.54, 1.807) is 6.20 Å². The van der Waals surface area contributed by atoms with Crippen molar-refractivity contribution < 1.29 is 4.79 Å². The molecule has 0 aromatic carbocycles. The Morgan fingerprint density at radius 2 is 1.95 bits per heavy atom. The molecule has 0 atom stereocenters. The minimum Gasteiger partial charge on any atom is -0.368 e. The minimum absolute atomic E-state index is 0.0221. The van der Waals surface area contributed by atoms with Crippen LogP contribution in [-0.2, 0) is 4.79 Å². The van der Waals surface area contributed by atoms with Gasteiger partial charge in [0.1, 0.15) is 10.8 Å². The lowest BCUT2D eigenvalue weighted by atomic mass is 10.3. The second-order valence-electron chi connectivity index (χ2n) is 4.34. The minimum atomic E-state index is 0.0221. The van der Waals surface area contributed by atoms with E-state index in [1.807, 2.05) is 6.92 Å². The van der Waals surface area contributed by atoms with E-state index in [4.69, 9.17) is 11.6 Å². The van der Waals surface area contributed by atoms with Crippen LogP contribution in [-0.4, -0.2) is 35.5 Å². The molecule has 1 amide bonds. The van der Waals surface area contributed by atoms with Crippen LogP contribution in [0.1, 0.15) is 33.1 Å². The number of rotatable bonds is 9. The average Bonchev–Trinajstić information content (AvgIpc) is 2.45. The molecule has 0 aliphatic carbocycles. The molecule has 1 heterocycles. The summed E-state index contributed by atoms with van der Waals surface area (Å²) in [6.45, 7) is 6.08. The van der Waals surface area contributed by atoms with Gasteiger partial charge in [-0.25, -0.2) is 4.98 Å². The first-order valence-electron chi connectivity index (χ1n) is 6.94. The maximum absolute atomic E-state index is 11.5. The van der Waals surface area contributed by atoms with Crippen molar-refractivity contribution in [1.82, 2.24) is 15.3 Å². The number of aromatic nitrogens is 2. The van der Waals surface area contributed by atoms with Crippen LogP contribution in [0.15, 0.2) is 6.20 Å². The summed E-state index contributed by atoms with van der Waals surface area (Å²) in [4.78, 5) is 19.8. The summed E-state index contributed by atoms with van der Waals surface area (Å²) in [5.74, 6) is 1.10. The highest BCUT2D eigenvalue weighted by atomic mass is 35.5. The van der Waals surface area contributed by atoms with Gasteiger partial charge in [-0.2, -0.15) is 4.98 Å². The van der Waals surface area contributed by atoms with Gasteiger partial charge in [-0.1, -0.05) is 25.4 Å². The molecule has 1 aromatic heterocycles. The Balaban J connectivity index is 2.44. The number of anilines is 2. The van der Waals surface area contributed by atoms with Crippen LogP contribution in [0.4, 0.5) is 11.8 Å². The zero-order valence-electron chi connectivity index (χ0n) is 12.0. The van der Waals surface area contributed by atoms with Gasteiger partial charge in [0.25, 0.3) is 0 Å². The molecule has 0 saturated carbocycles. The van der Waals surface area contributed by atoms with Crippen LogP contribution in [0.2, 0.25) is 5.02 Å². The smallest absolute Gasteiger partial charge is 0.224 e. The lowest BCUT2D eigenvalue weighted by Crippen LogP contribution is -2.26. The molecular weight excluding hydrogens is 278 g/mol. The number of halogens is 1. The largest absolute Gasteiger partial charge is 0.368 e. The van der Waals surface area contributed by atoms with Gasteiger partial charge in [-0.15, -0.1) is 0 Å². The van der Waals surface area contributed by atoms with E-state index < -0.39 is 0 Å². The summed E-state index contributed by atoms with van der Waals surface area (Å²) in [5.41, 5.74) is 0. The molecule has 20 heavy (non-hydrogen) atoms. The van der Waals surface area contributed by atoms with Gasteiger partial charge in [0, 0.05) is 26.1 Å². The second kappa shape index (κ2) is 9.36. The summed E-state index contributed by atoms with van der Waals surface area (Å²) in [6, 6.07) is 0. The quantitative estimate of drug-likeness (QED) is 0.652. The zero-order valence-corrected chi connectivity index (χ0v) is 12.8. The molecule has 0 spiro atoms. The number of hydrogen-bond acceptors (Lipinski definition) is 5. The topological polar surface area (TPSA) is 78.9 Å². The summed E-state index contributed by atoms with van der Waals surface area (Å²) in [6.07, 6.45) is 3.86. The van der Waals surface area contributed by atoms with E-state index in [2.05, 4.69) is 32.8 Å². The number of carbonyl (C=O) groups excluding carboxylic acids is 1. The van der Waals surface area contributed by atoms with Crippen molar-refractivity contribution in [3.05, 3.63) is 11.2 Å². The second-order valence-corrected chi connectivity index (χ2v) is 4.75. The number of nitrogens with zero attached hydrogens (tertiary/aromatic N) is 2. The van der Waals surface area contributed by atoms with Crippen LogP contribution in [0.3, 0.4) is 0 Å². The van der Waals surface area contributed by atoms with Crippen LogP contribution in [0, 0.1) is 0 Å². The molecule has 7 heteroatoms. The number of hydrogen-bond donors (Lipinski definition) is 3. The molecule has 1 rings (SSSR count). The van der Waals surface area contributed by atoms with Crippen molar-refractivity contribution in [1.29, 1.82) is 0 Å². The Kier molecular flexibility index (Phi) is 7.72. The SMILES string of the molecule is CCCNC(=O)CCNc1nc(NCCC)ncc1Cl. The van der Waals surface area contributed by atoms with Crippen molar-refractivity contribution in [3.63, 3.8) is 0 Å². The monoisotopic (exact) mass is 299 g/mol. The van der Waals surface area contributed by atoms with E-state index >= 15 is 0 Å². The molecule has 6 nitrogen and oxygen atoms in total. The molecule has 3 N–H and O–H groups in total. The number of amides is 1. The van der Waals surface area contributed by atoms with Gasteiger partial charge < -0.3 is 16.0 Å². The summed E-state index contributed by atoms with van der Waals surface area (Å²) < 4.78 is 0. The Labute approximate surface area is 124 Å². The molecule has 1 aromatic rings. The molecular formula is C13H22ClN5O. The lowest BCUT2D eigenvalue weighted by Gasteiger charge is -2.09. The van der Waals surface area contributed by atoms with Gasteiger partial charge in [0.2, 0.25) is 11.9 Å². The molecule has 0 bridgehead atoms. The van der Waals surface area contributed by atoms with Gasteiger partial charge in [0.05, 0.1) is 6.20 Å². The van der Waals surface area contributed by atoms with Crippen molar-refractivity contribution >= 4 is 29.3 Å². The van der Waals surface area contributed by atoms with Crippen LogP contribution < -0.4 is 16.0 Å². The summed E-state index contributed by atoms with van der Waals surface area (Å²) >= 11 is 6.01. The van der Waals surface area contributed by atoms with Crippen molar-refractivity contribution in [3.8, 4) is 0 Å². The molecule has 0 unspecified atom stereocenters. The first kappa shape index (κ1) is 16.5. The van der Waals surface area contributed by atoms with Crippen molar-refractivity contribution in [2.45, 2.75) is 33.1 Å². The third-order valence-corrected chi connectivity index (χ3v) is 2.77. The zero-order chi connectivity index (χ0) is 14.8. The Bertz CT molecular complexity index is 427. The van der Waals surface area contributed by atoms with Crippen molar-refractivity contribution in [2.75, 3.05) is 30.3 Å². The molecule has 0 aliphatic rings. The maximum Gasteiger partial charge on any atom is 0.224 e. The summed E-state index contributed by atoms with van der Waals surface area (Å²) in [7, 11) is 0. The fraction of sp³-hybridized carbons (Fsp3) is 0.615. The van der Waals surface area contributed by atoms with E-state index in [1.165, 1.54) is 0 Å². The normalized spacial score (nSPS) is 10.2. The lowest BCUT2D eigenvalue weighted by molar-refractivity contribution is -0.120. The highest BCUT2D eigenvalue weighted by Gasteiger charge is 2.06. The third-order valence-electron chi connectivity index (χ3n) is 2.49. The Morgan fingerprint density at radius 3 is 2.65 bits per heavy atom. The fourth-order valence-electron chi connectivity index (χ4n) is 1.46. The third kappa shape index (κ3) is 6.06. The predicted octanol–water partition coefficient (Wildman–Crippen LogP) is 2.28. The number of nitrogens with one attached hydrogen (secondary N) is 3. The highest BCUT2D eigenvalue weighted by Crippen LogP contribution is 2.19.